The first kappa shape index (κ1) is 16.3. The minimum absolute atomic E-state index is 0.173. The van der Waals surface area contributed by atoms with Crippen LogP contribution in [-0.2, 0) is 0 Å². The standard InChI is InChI=1S/C22H8Br2O4/c23-12-5-10-17-15-8(12)3-1-7-2-4-9-13(24)6-11(18(17)16(9)14(7)15)20(22(27)28)19(10)21(25)26/h1-6H,(H,25,26)(H,27,28). The van der Waals surface area contributed by atoms with E-state index in [1.54, 1.807) is 12.1 Å². The van der Waals surface area contributed by atoms with Crippen molar-refractivity contribution in [1.82, 2.24) is 0 Å². The maximum Gasteiger partial charge on any atom is 0.337 e. The van der Waals surface area contributed by atoms with Crippen LogP contribution in [0.25, 0.3) is 53.9 Å². The molecular formula is C22H8Br2O4. The van der Waals surface area contributed by atoms with Crippen LogP contribution in [0.4, 0.5) is 0 Å². The van der Waals surface area contributed by atoms with Gasteiger partial charge in [-0.3, -0.25) is 0 Å². The van der Waals surface area contributed by atoms with Gasteiger partial charge in [0.2, 0.25) is 0 Å². The molecule has 0 aromatic heterocycles. The molecule has 0 fully saturated rings. The van der Waals surface area contributed by atoms with Gasteiger partial charge in [0.15, 0.2) is 0 Å². The van der Waals surface area contributed by atoms with E-state index < -0.39 is 11.9 Å². The molecule has 2 N–H and O–H groups in total. The van der Waals surface area contributed by atoms with Crippen LogP contribution in [0.3, 0.4) is 0 Å². The second kappa shape index (κ2) is 5.01. The highest BCUT2D eigenvalue weighted by atomic mass is 79.9. The van der Waals surface area contributed by atoms with Gasteiger partial charge in [-0.15, -0.1) is 0 Å². The molecule has 0 aliphatic rings. The summed E-state index contributed by atoms with van der Waals surface area (Å²) in [6.07, 6.45) is 0. The van der Waals surface area contributed by atoms with E-state index in [0.29, 0.717) is 10.8 Å². The molecule has 0 amide bonds. The van der Waals surface area contributed by atoms with Crippen molar-refractivity contribution < 1.29 is 19.8 Å². The molecule has 134 valence electrons. The summed E-state index contributed by atoms with van der Waals surface area (Å²) in [4.78, 5) is 24.3. The monoisotopic (exact) mass is 494 g/mol. The lowest BCUT2D eigenvalue weighted by Gasteiger charge is -2.14. The van der Waals surface area contributed by atoms with Gasteiger partial charge in [-0.1, -0.05) is 56.1 Å². The fourth-order valence-electron chi connectivity index (χ4n) is 4.79. The number of halogens is 2. The Morgan fingerprint density at radius 1 is 0.607 bits per heavy atom. The first-order valence-electron chi connectivity index (χ1n) is 8.46. The predicted molar refractivity (Wildman–Crippen MR) is 117 cm³/mol. The molecule has 0 saturated heterocycles. The minimum atomic E-state index is -1.25. The van der Waals surface area contributed by atoms with E-state index in [0.717, 1.165) is 52.0 Å². The Hall–Kier alpha value is -2.70. The van der Waals surface area contributed by atoms with Crippen LogP contribution >= 0.6 is 31.9 Å². The van der Waals surface area contributed by atoms with Crippen LogP contribution in [-0.4, -0.2) is 22.2 Å². The Morgan fingerprint density at radius 3 is 1.39 bits per heavy atom. The van der Waals surface area contributed by atoms with Gasteiger partial charge >= 0.3 is 11.9 Å². The summed E-state index contributed by atoms with van der Waals surface area (Å²) in [5, 5.41) is 28.4. The number of carbonyl (C=O) groups is 2. The average molecular weight is 496 g/mol. The van der Waals surface area contributed by atoms with Crippen molar-refractivity contribution in [2.24, 2.45) is 0 Å². The Bertz CT molecular complexity index is 1520. The van der Waals surface area contributed by atoms with E-state index in [1.165, 1.54) is 0 Å². The molecule has 6 rings (SSSR count). The zero-order valence-corrected chi connectivity index (χ0v) is 17.1. The normalized spacial score (nSPS) is 12.5. The quantitative estimate of drug-likeness (QED) is 0.262. The highest BCUT2D eigenvalue weighted by Gasteiger charge is 2.30. The Balaban J connectivity index is 2.16. The molecule has 6 heteroatoms. The average Bonchev–Trinajstić information content (AvgIpc) is 3.00. The van der Waals surface area contributed by atoms with Crippen molar-refractivity contribution in [2.75, 3.05) is 0 Å². The summed E-state index contributed by atoms with van der Waals surface area (Å²) >= 11 is 7.14. The molecule has 0 aliphatic carbocycles. The number of carboxylic acids is 2. The number of rotatable bonds is 2. The largest absolute Gasteiger partial charge is 0.478 e. The molecule has 28 heavy (non-hydrogen) atoms. The van der Waals surface area contributed by atoms with Crippen LogP contribution in [0.2, 0.25) is 0 Å². The van der Waals surface area contributed by atoms with Crippen molar-refractivity contribution in [3.05, 3.63) is 56.5 Å². The molecule has 6 aromatic rings. The molecule has 0 aliphatic heterocycles. The molecule has 0 bridgehead atoms. The zero-order valence-electron chi connectivity index (χ0n) is 13.9. The molecule has 0 unspecified atom stereocenters. The number of aromatic carboxylic acids is 2. The van der Waals surface area contributed by atoms with E-state index in [2.05, 4.69) is 31.9 Å². The van der Waals surface area contributed by atoms with E-state index in [1.807, 2.05) is 24.3 Å². The van der Waals surface area contributed by atoms with Crippen molar-refractivity contribution in [3.63, 3.8) is 0 Å². The van der Waals surface area contributed by atoms with E-state index in [4.69, 9.17) is 0 Å². The van der Waals surface area contributed by atoms with E-state index >= 15 is 0 Å². The summed E-state index contributed by atoms with van der Waals surface area (Å²) in [5.41, 5.74) is -0.345. The second-order valence-corrected chi connectivity index (χ2v) is 8.71. The van der Waals surface area contributed by atoms with Crippen molar-refractivity contribution in [1.29, 1.82) is 0 Å². The van der Waals surface area contributed by atoms with Gasteiger partial charge in [0.1, 0.15) is 0 Å². The Labute approximate surface area is 173 Å². The topological polar surface area (TPSA) is 74.6 Å². The smallest absolute Gasteiger partial charge is 0.337 e. The van der Waals surface area contributed by atoms with Gasteiger partial charge in [0.25, 0.3) is 0 Å². The van der Waals surface area contributed by atoms with Crippen LogP contribution < -0.4 is 0 Å². The van der Waals surface area contributed by atoms with Crippen molar-refractivity contribution in [2.45, 2.75) is 0 Å². The van der Waals surface area contributed by atoms with Crippen LogP contribution in [0.1, 0.15) is 20.7 Å². The number of hydrogen-bond donors (Lipinski definition) is 2. The Morgan fingerprint density at radius 2 is 1.00 bits per heavy atom. The van der Waals surface area contributed by atoms with E-state index in [-0.39, 0.29) is 11.1 Å². The van der Waals surface area contributed by atoms with Crippen molar-refractivity contribution in [3.8, 4) is 0 Å². The molecular weight excluding hydrogens is 488 g/mol. The summed E-state index contributed by atoms with van der Waals surface area (Å²) in [6.45, 7) is 0. The van der Waals surface area contributed by atoms with Crippen LogP contribution in [0.15, 0.2) is 45.3 Å². The third-order valence-corrected chi connectivity index (χ3v) is 7.06. The lowest BCUT2D eigenvalue weighted by molar-refractivity contribution is 0.0655. The third-order valence-electron chi connectivity index (χ3n) is 5.75. The van der Waals surface area contributed by atoms with Gasteiger partial charge in [0.05, 0.1) is 11.1 Å². The molecule has 0 spiro atoms. The molecule has 4 nitrogen and oxygen atoms in total. The minimum Gasteiger partial charge on any atom is -0.478 e. The van der Waals surface area contributed by atoms with Gasteiger partial charge in [-0.2, -0.15) is 0 Å². The Kier molecular flexibility index (Phi) is 2.91. The molecule has 0 heterocycles. The maximum atomic E-state index is 12.2. The molecule has 0 saturated carbocycles. The van der Waals surface area contributed by atoms with Gasteiger partial charge in [0, 0.05) is 8.95 Å². The lowest BCUT2D eigenvalue weighted by atomic mass is 9.90. The highest BCUT2D eigenvalue weighted by molar-refractivity contribution is 9.11. The second-order valence-electron chi connectivity index (χ2n) is 7.00. The van der Waals surface area contributed by atoms with Gasteiger partial charge in [-0.05, 0) is 66.0 Å². The third kappa shape index (κ3) is 1.67. The van der Waals surface area contributed by atoms with Crippen molar-refractivity contribution >= 4 is 97.7 Å². The molecule has 0 atom stereocenters. The summed E-state index contributed by atoms with van der Waals surface area (Å²) < 4.78 is 1.50. The highest BCUT2D eigenvalue weighted by Crippen LogP contribution is 2.52. The molecule has 0 radical (unpaired) electrons. The maximum absolute atomic E-state index is 12.2. The van der Waals surface area contributed by atoms with Crippen LogP contribution in [0.5, 0.6) is 0 Å². The number of carboxylic acid groups (broad SMARTS) is 2. The van der Waals surface area contributed by atoms with Gasteiger partial charge in [-0.25, -0.2) is 9.59 Å². The van der Waals surface area contributed by atoms with Crippen LogP contribution in [0, 0.1) is 0 Å². The summed E-state index contributed by atoms with van der Waals surface area (Å²) in [7, 11) is 0. The van der Waals surface area contributed by atoms with E-state index in [9.17, 15) is 19.8 Å². The number of benzene rings is 5. The first-order chi connectivity index (χ1) is 13.4. The molecule has 6 aromatic carbocycles. The zero-order chi connectivity index (χ0) is 19.5. The summed E-state index contributed by atoms with van der Waals surface area (Å²) in [6, 6.07) is 11.6. The lowest BCUT2D eigenvalue weighted by Crippen LogP contribution is -2.10. The fraction of sp³-hybridized carbons (Fsp3) is 0. The SMILES string of the molecule is O=C(O)c1c(C(=O)O)c2cc(Br)c3ccc4ccc5c(Br)cc1c1c5c4c3c21. The number of hydrogen-bond acceptors (Lipinski definition) is 2. The summed E-state index contributed by atoms with van der Waals surface area (Å²) in [5.74, 6) is -2.49. The predicted octanol–water partition coefficient (Wildman–Crippen LogP) is 6.69. The fourth-order valence-corrected chi connectivity index (χ4v) is 5.90. The van der Waals surface area contributed by atoms with Gasteiger partial charge < -0.3 is 10.2 Å². The first-order valence-corrected chi connectivity index (χ1v) is 10.0.